The first-order valence-electron chi connectivity index (χ1n) is 11.9. The fraction of sp³-hybridized carbons (Fsp3) is 0.481. The van der Waals surface area contributed by atoms with Crippen molar-refractivity contribution in [2.24, 2.45) is 5.92 Å². The van der Waals surface area contributed by atoms with Crippen LogP contribution in [-0.4, -0.2) is 61.7 Å². The zero-order chi connectivity index (χ0) is 26.1. The van der Waals surface area contributed by atoms with Crippen molar-refractivity contribution in [3.63, 3.8) is 0 Å². The number of amides is 1. The number of ether oxygens (including phenoxy) is 5. The molecule has 1 amide bonds. The van der Waals surface area contributed by atoms with Gasteiger partial charge in [-0.25, -0.2) is 9.59 Å². The Balaban J connectivity index is 1.41. The maximum atomic E-state index is 12.7. The number of carboxylic acids is 1. The van der Waals surface area contributed by atoms with Crippen molar-refractivity contribution in [2.75, 3.05) is 20.8 Å². The Bertz CT molecular complexity index is 1140. The van der Waals surface area contributed by atoms with Crippen molar-refractivity contribution in [2.45, 2.75) is 57.5 Å². The second kappa shape index (κ2) is 10.2. The number of rotatable bonds is 8. The molecule has 0 radical (unpaired) electrons. The van der Waals surface area contributed by atoms with E-state index in [1.165, 1.54) is 25.3 Å². The minimum Gasteiger partial charge on any atom is -0.480 e. The normalized spacial score (nSPS) is 26.4. The first-order chi connectivity index (χ1) is 17.1. The van der Waals surface area contributed by atoms with E-state index in [1.54, 1.807) is 20.8 Å². The van der Waals surface area contributed by atoms with Crippen LogP contribution in [0.15, 0.2) is 42.5 Å². The fourth-order valence-electron chi connectivity index (χ4n) is 4.84. The van der Waals surface area contributed by atoms with Gasteiger partial charge in [0.1, 0.15) is 12.6 Å². The first kappa shape index (κ1) is 26.1. The molecule has 0 spiro atoms. The Hall–Kier alpha value is -2.98. The molecule has 0 aromatic heterocycles. The number of carboxylic acid groups (broad SMARTS) is 1. The Morgan fingerprint density at radius 3 is 2.47 bits per heavy atom. The van der Waals surface area contributed by atoms with E-state index in [2.05, 4.69) is 23.5 Å². The Morgan fingerprint density at radius 2 is 1.78 bits per heavy atom. The second-order valence-electron chi connectivity index (χ2n) is 9.44. The highest BCUT2D eigenvalue weighted by molar-refractivity contribution is 5.80. The number of fused-ring (bicyclic) bond motifs is 3. The molecule has 1 aliphatic heterocycles. The van der Waals surface area contributed by atoms with Crippen LogP contribution < -0.4 is 5.32 Å². The van der Waals surface area contributed by atoms with Gasteiger partial charge in [-0.2, -0.15) is 0 Å². The topological polar surface area (TPSA) is 113 Å². The molecule has 36 heavy (non-hydrogen) atoms. The molecule has 4 rings (SSSR count). The van der Waals surface area contributed by atoms with E-state index in [0.29, 0.717) is 0 Å². The number of methoxy groups -OCH3 is 2. The summed E-state index contributed by atoms with van der Waals surface area (Å²) in [4.78, 5) is 24.7. The number of alkyl carbamates (subject to hydrolysis) is 1. The van der Waals surface area contributed by atoms with Crippen LogP contribution >= 0.6 is 0 Å². The molecule has 9 nitrogen and oxygen atoms in total. The van der Waals surface area contributed by atoms with E-state index in [0.717, 1.165) is 23.1 Å². The summed E-state index contributed by atoms with van der Waals surface area (Å²) in [5, 5.41) is 12.3. The largest absolute Gasteiger partial charge is 0.480 e. The predicted molar refractivity (Wildman–Crippen MR) is 130 cm³/mol. The van der Waals surface area contributed by atoms with Gasteiger partial charge in [-0.15, -0.1) is 0 Å². The molecule has 2 aliphatic rings. The van der Waals surface area contributed by atoms with Gasteiger partial charge in [0, 0.05) is 20.1 Å². The quantitative estimate of drug-likeness (QED) is 0.482. The molecule has 1 aliphatic carbocycles. The summed E-state index contributed by atoms with van der Waals surface area (Å²) in [6, 6.07) is 12.8. The molecule has 2 N–H and O–H groups in total. The summed E-state index contributed by atoms with van der Waals surface area (Å²) in [5.41, 5.74) is 5.54. The smallest absolute Gasteiger partial charge is 0.408 e. The molecule has 2 aromatic rings. The molecule has 2 unspecified atom stereocenters. The number of aliphatic carboxylic acids is 1. The Morgan fingerprint density at radius 1 is 1.08 bits per heavy atom. The van der Waals surface area contributed by atoms with E-state index in [9.17, 15) is 14.7 Å². The van der Waals surface area contributed by atoms with Crippen molar-refractivity contribution >= 4 is 12.1 Å². The van der Waals surface area contributed by atoms with E-state index in [4.69, 9.17) is 23.7 Å². The molecule has 9 heteroatoms. The molecule has 0 bridgehead atoms. The van der Waals surface area contributed by atoms with Crippen LogP contribution in [0.4, 0.5) is 4.79 Å². The van der Waals surface area contributed by atoms with Crippen molar-refractivity contribution in [1.82, 2.24) is 5.32 Å². The van der Waals surface area contributed by atoms with Gasteiger partial charge in [0.25, 0.3) is 0 Å². The van der Waals surface area contributed by atoms with E-state index < -0.39 is 41.7 Å². The number of carbonyl (C=O) groups excluding carboxylic acids is 1. The van der Waals surface area contributed by atoms with Gasteiger partial charge >= 0.3 is 12.1 Å². The first-order valence-corrected chi connectivity index (χ1v) is 11.9. The molecular weight excluding hydrogens is 466 g/mol. The summed E-state index contributed by atoms with van der Waals surface area (Å²) in [7, 11) is 2.93. The molecular formula is C27H33NO8. The Kier molecular flexibility index (Phi) is 7.38. The molecule has 194 valence electrons. The summed E-state index contributed by atoms with van der Waals surface area (Å²) < 4.78 is 28.3. The highest BCUT2D eigenvalue weighted by Crippen LogP contribution is 2.39. The minimum atomic E-state index is -1.28. The molecule has 0 saturated carbocycles. The number of benzene rings is 2. The summed E-state index contributed by atoms with van der Waals surface area (Å²) in [5.74, 6) is -4.34. The zero-order valence-electron chi connectivity index (χ0n) is 21.2. The third kappa shape index (κ3) is 4.71. The molecule has 5 atom stereocenters. The van der Waals surface area contributed by atoms with Gasteiger partial charge < -0.3 is 34.1 Å². The van der Waals surface area contributed by atoms with Gasteiger partial charge in [0.15, 0.2) is 0 Å². The minimum absolute atomic E-state index is 0.0285. The van der Waals surface area contributed by atoms with Crippen LogP contribution in [0.3, 0.4) is 0 Å². The lowest BCUT2D eigenvalue weighted by Crippen LogP contribution is -2.64. The van der Waals surface area contributed by atoms with Crippen LogP contribution in [0.2, 0.25) is 0 Å². The van der Waals surface area contributed by atoms with Gasteiger partial charge in [0.2, 0.25) is 11.6 Å². The van der Waals surface area contributed by atoms with Gasteiger partial charge in [0.05, 0.1) is 12.7 Å². The average Bonchev–Trinajstić information content (AvgIpc) is 3.26. The van der Waals surface area contributed by atoms with E-state index in [1.807, 2.05) is 24.3 Å². The van der Waals surface area contributed by atoms with Gasteiger partial charge in [-0.3, -0.25) is 0 Å². The highest BCUT2D eigenvalue weighted by atomic mass is 16.8. The maximum Gasteiger partial charge on any atom is 0.408 e. The number of hydrogen-bond donors (Lipinski definition) is 2. The van der Waals surface area contributed by atoms with Crippen LogP contribution in [0.25, 0.3) is 11.1 Å². The zero-order valence-corrected chi connectivity index (χ0v) is 21.2. The lowest BCUT2D eigenvalue weighted by atomic mass is 9.93. The lowest BCUT2D eigenvalue weighted by Gasteiger charge is -2.50. The molecule has 1 fully saturated rings. The second-order valence-corrected chi connectivity index (χ2v) is 9.44. The van der Waals surface area contributed by atoms with Crippen molar-refractivity contribution in [3.8, 4) is 11.1 Å². The number of carbonyl (C=O) groups is 2. The van der Waals surface area contributed by atoms with Crippen molar-refractivity contribution in [3.05, 3.63) is 59.2 Å². The van der Waals surface area contributed by atoms with Gasteiger partial charge in [-0.05, 0) is 48.1 Å². The number of hydrogen-bond acceptors (Lipinski definition) is 7. The van der Waals surface area contributed by atoms with Gasteiger partial charge in [-0.1, -0.05) is 49.4 Å². The van der Waals surface area contributed by atoms with E-state index in [-0.39, 0.29) is 13.2 Å². The average molecular weight is 500 g/mol. The Labute approximate surface area is 210 Å². The maximum absolute atomic E-state index is 12.7. The fourth-order valence-corrected chi connectivity index (χ4v) is 4.84. The van der Waals surface area contributed by atoms with Crippen LogP contribution in [0, 0.1) is 5.92 Å². The SMILES string of the molecule is COC1(C)OC[C@@H]([C@H](C)[C@H](NC(=O)OCc2cccc3c2Cc2ccccc2-3)C(=O)O)OC1(C)OC. The standard InChI is InChI=1S/C27H33NO8/c1-16(22-15-35-26(2,32-4)27(3,33-5)36-22)23(24(29)30)28-25(31)34-14-18-10-8-12-20-19-11-7-6-9-17(19)13-21(18)20/h6-12,16,22-23H,13-15H2,1-5H3,(H,28,31)(H,29,30)/t16-,22-,23-,26?,27?/m0/s1. The molecule has 1 heterocycles. The third-order valence-corrected chi connectivity index (χ3v) is 7.46. The van der Waals surface area contributed by atoms with Crippen molar-refractivity contribution in [1.29, 1.82) is 0 Å². The predicted octanol–water partition coefficient (Wildman–Crippen LogP) is 3.71. The summed E-state index contributed by atoms with van der Waals surface area (Å²) >= 11 is 0. The lowest BCUT2D eigenvalue weighted by molar-refractivity contribution is -0.435. The summed E-state index contributed by atoms with van der Waals surface area (Å²) in [6.45, 7) is 5.09. The van der Waals surface area contributed by atoms with E-state index >= 15 is 0 Å². The highest BCUT2D eigenvalue weighted by Gasteiger charge is 2.55. The van der Waals surface area contributed by atoms with Crippen molar-refractivity contribution < 1.29 is 38.4 Å². The van der Waals surface area contributed by atoms with Crippen LogP contribution in [0.5, 0.6) is 0 Å². The van der Waals surface area contributed by atoms with Crippen LogP contribution in [0.1, 0.15) is 37.5 Å². The third-order valence-electron chi connectivity index (χ3n) is 7.46. The molecule has 1 saturated heterocycles. The number of nitrogens with one attached hydrogen (secondary N) is 1. The van der Waals surface area contributed by atoms with Crippen LogP contribution in [-0.2, 0) is 41.5 Å². The monoisotopic (exact) mass is 499 g/mol. The summed E-state index contributed by atoms with van der Waals surface area (Å²) in [6.07, 6.45) is -0.746. The molecule has 2 aromatic carbocycles.